The smallest absolute Gasteiger partial charge is 0.328 e. The molecule has 0 aromatic carbocycles. The van der Waals surface area contributed by atoms with Crippen molar-refractivity contribution in [2.24, 2.45) is 0 Å². The zero-order chi connectivity index (χ0) is 13.2. The van der Waals surface area contributed by atoms with Crippen molar-refractivity contribution in [1.29, 1.82) is 0 Å². The summed E-state index contributed by atoms with van der Waals surface area (Å²) in [5.41, 5.74) is -0.386. The van der Waals surface area contributed by atoms with Gasteiger partial charge in [0.1, 0.15) is 5.54 Å². The van der Waals surface area contributed by atoms with E-state index in [0.29, 0.717) is 25.1 Å². The number of carbonyl (C=O) groups excluding carboxylic acids is 1. The maximum atomic E-state index is 11.6. The average molecular weight is 250 g/mol. The molecule has 2 aliphatic rings. The molecule has 0 aromatic heterocycles. The molecule has 0 amide bonds. The Morgan fingerprint density at radius 2 is 2.06 bits per heavy atom. The van der Waals surface area contributed by atoms with Gasteiger partial charge in [0, 0.05) is 31.8 Å². The van der Waals surface area contributed by atoms with E-state index in [4.69, 9.17) is 0 Å². The molecule has 0 saturated carbocycles. The lowest BCUT2D eigenvalue weighted by atomic mass is 9.85. The number of aliphatic carboxylic acids is 1. The second-order valence-corrected chi connectivity index (χ2v) is 4.72. The van der Waals surface area contributed by atoms with Crippen molar-refractivity contribution in [3.63, 3.8) is 0 Å². The molecule has 18 heavy (non-hydrogen) atoms. The van der Waals surface area contributed by atoms with Crippen molar-refractivity contribution in [3.05, 3.63) is 23.8 Å². The fraction of sp³-hybridized carbons (Fsp3) is 0.538. The Hall–Kier alpha value is -1.46. The molecule has 98 valence electrons. The van der Waals surface area contributed by atoms with Crippen LogP contribution in [0, 0.1) is 0 Å². The first-order valence-electron chi connectivity index (χ1n) is 6.16. The Balaban J connectivity index is 2.23. The molecule has 2 N–H and O–H groups in total. The zero-order valence-electron chi connectivity index (χ0n) is 10.5. The van der Waals surface area contributed by atoms with E-state index in [1.165, 1.54) is 6.92 Å². The number of allylic oxidation sites excluding steroid dienone is 2. The van der Waals surface area contributed by atoms with Gasteiger partial charge in [0.15, 0.2) is 5.78 Å². The number of rotatable bonds is 3. The number of carbonyl (C=O) groups is 2. The van der Waals surface area contributed by atoms with Crippen molar-refractivity contribution < 1.29 is 14.7 Å². The average Bonchev–Trinajstić information content (AvgIpc) is 2.39. The van der Waals surface area contributed by atoms with Crippen LogP contribution in [0.15, 0.2) is 23.8 Å². The Labute approximate surface area is 106 Å². The highest BCUT2D eigenvalue weighted by molar-refractivity contribution is 5.97. The first-order chi connectivity index (χ1) is 8.56. The largest absolute Gasteiger partial charge is 0.480 e. The molecule has 1 atom stereocenters. The highest BCUT2D eigenvalue weighted by Gasteiger charge is 2.42. The summed E-state index contributed by atoms with van der Waals surface area (Å²) < 4.78 is 0. The van der Waals surface area contributed by atoms with Crippen LogP contribution in [0.5, 0.6) is 0 Å². The predicted octanol–water partition coefficient (Wildman–Crippen LogP) is 0.190. The van der Waals surface area contributed by atoms with Crippen LogP contribution in [0.4, 0.5) is 0 Å². The second kappa shape index (κ2) is 5.04. The number of piperazine rings is 1. The Morgan fingerprint density at radius 3 is 2.50 bits per heavy atom. The molecule has 1 aliphatic carbocycles. The van der Waals surface area contributed by atoms with Gasteiger partial charge in [-0.25, -0.2) is 4.79 Å². The minimum atomic E-state index is -0.985. The van der Waals surface area contributed by atoms with Gasteiger partial charge in [0.25, 0.3) is 0 Å². The molecule has 5 heteroatoms. The molecule has 5 nitrogen and oxygen atoms in total. The topological polar surface area (TPSA) is 69.6 Å². The van der Waals surface area contributed by atoms with Gasteiger partial charge in [-0.05, 0) is 13.3 Å². The molecule has 0 radical (unpaired) electrons. The Bertz CT molecular complexity index is 422. The number of nitrogens with zero attached hydrogens (tertiary/aromatic N) is 1. The SMILES string of the molecule is CC(=O)C1=CCC(C(=O)O)(N2CCNCC2)C=C1. The molecule has 2 rings (SSSR count). The molecule has 0 spiro atoms. The Morgan fingerprint density at radius 1 is 1.39 bits per heavy atom. The molecule has 1 unspecified atom stereocenters. The number of nitrogens with one attached hydrogen (secondary N) is 1. The summed E-state index contributed by atoms with van der Waals surface area (Å²) in [7, 11) is 0. The highest BCUT2D eigenvalue weighted by Crippen LogP contribution is 2.28. The van der Waals surface area contributed by atoms with Crippen LogP contribution in [0.3, 0.4) is 0 Å². The number of carboxylic acid groups (broad SMARTS) is 1. The summed E-state index contributed by atoms with van der Waals surface area (Å²) >= 11 is 0. The quantitative estimate of drug-likeness (QED) is 0.748. The third-order valence-corrected chi connectivity index (χ3v) is 3.63. The van der Waals surface area contributed by atoms with Crippen molar-refractivity contribution in [1.82, 2.24) is 10.2 Å². The maximum Gasteiger partial charge on any atom is 0.328 e. The van der Waals surface area contributed by atoms with E-state index in [2.05, 4.69) is 5.32 Å². The third kappa shape index (κ3) is 2.23. The van der Waals surface area contributed by atoms with E-state index in [0.717, 1.165) is 13.1 Å². The summed E-state index contributed by atoms with van der Waals surface area (Å²) in [6, 6.07) is 0. The number of hydrogen-bond donors (Lipinski definition) is 2. The normalized spacial score (nSPS) is 28.8. The van der Waals surface area contributed by atoms with Gasteiger partial charge in [-0.15, -0.1) is 0 Å². The molecular weight excluding hydrogens is 232 g/mol. The summed E-state index contributed by atoms with van der Waals surface area (Å²) in [4.78, 5) is 24.9. The van der Waals surface area contributed by atoms with Crippen molar-refractivity contribution >= 4 is 11.8 Å². The lowest BCUT2D eigenvalue weighted by molar-refractivity contribution is -0.148. The molecule has 1 fully saturated rings. The molecule has 1 saturated heterocycles. The predicted molar refractivity (Wildman–Crippen MR) is 67.3 cm³/mol. The van der Waals surface area contributed by atoms with Crippen LogP contribution >= 0.6 is 0 Å². The monoisotopic (exact) mass is 250 g/mol. The zero-order valence-corrected chi connectivity index (χ0v) is 10.5. The maximum absolute atomic E-state index is 11.6. The minimum absolute atomic E-state index is 0.0226. The minimum Gasteiger partial charge on any atom is -0.480 e. The van der Waals surface area contributed by atoms with Gasteiger partial charge in [0.2, 0.25) is 0 Å². The number of Topliss-reactive ketones (excluding diaryl/α,β-unsaturated/α-hetero) is 1. The molecule has 1 aliphatic heterocycles. The van der Waals surface area contributed by atoms with E-state index in [9.17, 15) is 14.7 Å². The lowest BCUT2D eigenvalue weighted by Crippen LogP contribution is -2.59. The van der Waals surface area contributed by atoms with E-state index in [1.54, 1.807) is 18.2 Å². The van der Waals surface area contributed by atoms with Crippen LogP contribution in [-0.2, 0) is 9.59 Å². The van der Waals surface area contributed by atoms with Crippen LogP contribution in [-0.4, -0.2) is 53.5 Å². The van der Waals surface area contributed by atoms with E-state index >= 15 is 0 Å². The van der Waals surface area contributed by atoms with Crippen molar-refractivity contribution in [3.8, 4) is 0 Å². The summed E-state index contributed by atoms with van der Waals surface area (Å²) in [5.74, 6) is -0.870. The summed E-state index contributed by atoms with van der Waals surface area (Å²) in [6.07, 6.45) is 5.39. The van der Waals surface area contributed by atoms with Gasteiger partial charge in [0.05, 0.1) is 0 Å². The van der Waals surface area contributed by atoms with Gasteiger partial charge >= 0.3 is 5.97 Å². The highest BCUT2D eigenvalue weighted by atomic mass is 16.4. The first-order valence-corrected chi connectivity index (χ1v) is 6.16. The first kappa shape index (κ1) is 13.0. The van der Waals surface area contributed by atoms with Crippen LogP contribution in [0.2, 0.25) is 0 Å². The van der Waals surface area contributed by atoms with Crippen LogP contribution < -0.4 is 5.32 Å². The molecule has 0 aromatic rings. The molecule has 1 heterocycles. The van der Waals surface area contributed by atoms with E-state index in [1.807, 2.05) is 4.90 Å². The van der Waals surface area contributed by atoms with Crippen molar-refractivity contribution in [2.45, 2.75) is 18.9 Å². The van der Waals surface area contributed by atoms with Crippen LogP contribution in [0.1, 0.15) is 13.3 Å². The van der Waals surface area contributed by atoms with Gasteiger partial charge in [-0.3, -0.25) is 9.69 Å². The van der Waals surface area contributed by atoms with Gasteiger partial charge < -0.3 is 10.4 Å². The Kier molecular flexibility index (Phi) is 3.63. The number of ketones is 1. The van der Waals surface area contributed by atoms with Gasteiger partial charge in [-0.1, -0.05) is 18.2 Å². The standard InChI is InChI=1S/C13H18N2O3/c1-10(16)11-2-4-13(5-3-11,12(17)18)15-8-6-14-7-9-15/h2-4,14H,5-9H2,1H3,(H,17,18). The number of carboxylic acids is 1. The molecular formula is C13H18N2O3. The molecule has 0 bridgehead atoms. The fourth-order valence-corrected chi connectivity index (χ4v) is 2.48. The summed E-state index contributed by atoms with van der Waals surface area (Å²) in [5, 5.41) is 12.7. The second-order valence-electron chi connectivity index (χ2n) is 4.72. The van der Waals surface area contributed by atoms with Crippen molar-refractivity contribution in [2.75, 3.05) is 26.2 Å². The third-order valence-electron chi connectivity index (χ3n) is 3.63. The van der Waals surface area contributed by atoms with E-state index < -0.39 is 11.5 Å². The van der Waals surface area contributed by atoms with E-state index in [-0.39, 0.29) is 5.78 Å². The summed E-state index contributed by atoms with van der Waals surface area (Å²) in [6.45, 7) is 4.51. The van der Waals surface area contributed by atoms with Gasteiger partial charge in [-0.2, -0.15) is 0 Å². The number of hydrogen-bond acceptors (Lipinski definition) is 4. The lowest BCUT2D eigenvalue weighted by Gasteiger charge is -2.41. The fourth-order valence-electron chi connectivity index (χ4n) is 2.48. The van der Waals surface area contributed by atoms with Crippen LogP contribution in [0.25, 0.3) is 0 Å².